The number of fused-ring (bicyclic) bond motifs is 1. The SMILES string of the molecule is COCCOC[C@@H](O)CO[C@H]1CNC[C@H](OCc2cc(OC)c3ccccc3c2)[C@H]1c1ccc(OCCCOCc2ccccc2OC)cc1. The Morgan fingerprint density at radius 3 is 2.28 bits per heavy atom. The van der Waals surface area contributed by atoms with Crippen LogP contribution in [0, 0.1) is 0 Å². The van der Waals surface area contributed by atoms with E-state index in [9.17, 15) is 5.11 Å². The fraction of sp³-hybridized carbons (Fsp3) is 0.450. The Labute approximate surface area is 295 Å². The maximum Gasteiger partial charge on any atom is 0.127 e. The van der Waals surface area contributed by atoms with E-state index < -0.39 is 6.10 Å². The van der Waals surface area contributed by atoms with Crippen molar-refractivity contribution in [1.82, 2.24) is 5.32 Å². The number of piperidine rings is 1. The highest BCUT2D eigenvalue weighted by Crippen LogP contribution is 2.33. The van der Waals surface area contributed by atoms with E-state index in [4.69, 9.17) is 37.9 Å². The zero-order valence-corrected chi connectivity index (χ0v) is 29.4. The van der Waals surface area contributed by atoms with E-state index in [1.54, 1.807) is 21.3 Å². The second-order valence-electron chi connectivity index (χ2n) is 12.3. The summed E-state index contributed by atoms with van der Waals surface area (Å²) >= 11 is 0. The largest absolute Gasteiger partial charge is 0.496 e. The molecule has 0 unspecified atom stereocenters. The Morgan fingerprint density at radius 2 is 1.48 bits per heavy atom. The molecule has 0 aromatic heterocycles. The molecule has 0 radical (unpaired) electrons. The normalized spacial score (nSPS) is 18.2. The van der Waals surface area contributed by atoms with E-state index in [1.165, 1.54) is 0 Å². The van der Waals surface area contributed by atoms with Crippen LogP contribution in [0.15, 0.2) is 84.9 Å². The van der Waals surface area contributed by atoms with Gasteiger partial charge in [-0.2, -0.15) is 0 Å². The van der Waals surface area contributed by atoms with E-state index in [2.05, 4.69) is 35.6 Å². The predicted molar refractivity (Wildman–Crippen MR) is 192 cm³/mol. The summed E-state index contributed by atoms with van der Waals surface area (Å²) in [5.74, 6) is 2.35. The van der Waals surface area contributed by atoms with Crippen LogP contribution in [0.1, 0.15) is 29.0 Å². The molecule has 1 aliphatic heterocycles. The van der Waals surface area contributed by atoms with Crippen molar-refractivity contribution in [2.24, 2.45) is 0 Å². The summed E-state index contributed by atoms with van der Waals surface area (Å²) in [6.45, 7) is 4.51. The number of benzene rings is 4. The van der Waals surface area contributed by atoms with Crippen molar-refractivity contribution in [2.75, 3.05) is 74.1 Å². The lowest BCUT2D eigenvalue weighted by Gasteiger charge is -2.39. The predicted octanol–water partition coefficient (Wildman–Crippen LogP) is 5.52. The molecule has 5 rings (SSSR count). The van der Waals surface area contributed by atoms with Crippen molar-refractivity contribution >= 4 is 10.8 Å². The molecule has 0 aliphatic carbocycles. The first-order chi connectivity index (χ1) is 24.6. The van der Waals surface area contributed by atoms with Crippen LogP contribution in [-0.4, -0.2) is 97.5 Å². The maximum atomic E-state index is 10.6. The molecule has 4 aromatic rings. The van der Waals surface area contributed by atoms with Gasteiger partial charge in [-0.05, 0) is 46.8 Å². The smallest absolute Gasteiger partial charge is 0.127 e. The van der Waals surface area contributed by atoms with Gasteiger partial charge in [-0.25, -0.2) is 0 Å². The molecular weight excluding hydrogens is 638 g/mol. The van der Waals surface area contributed by atoms with Gasteiger partial charge >= 0.3 is 0 Å². The molecule has 270 valence electrons. The summed E-state index contributed by atoms with van der Waals surface area (Å²) in [6.07, 6.45) is -0.420. The molecule has 0 saturated carbocycles. The number of aliphatic hydroxyl groups is 1. The standard InChI is InChI=1S/C40H51NO9/c1-43-19-20-47-27-33(42)28-50-39-24-41-23-38(49-25-29-21-31-9-4-6-11-35(31)37(22-29)45-3)40(39)30-13-15-34(16-14-30)48-18-8-17-46-26-32-10-5-7-12-36(32)44-2/h4-7,9-16,21-22,33,38-42H,8,17-20,23-28H2,1-3H3/t33-,38+,39+,40-/m1/s1. The van der Waals surface area contributed by atoms with E-state index in [-0.39, 0.29) is 31.3 Å². The van der Waals surface area contributed by atoms with Gasteiger partial charge in [0.1, 0.15) is 23.4 Å². The van der Waals surface area contributed by atoms with Gasteiger partial charge in [0.15, 0.2) is 0 Å². The highest BCUT2D eigenvalue weighted by Gasteiger charge is 2.36. The lowest BCUT2D eigenvalue weighted by Crippen LogP contribution is -2.51. The molecule has 4 aromatic carbocycles. The lowest BCUT2D eigenvalue weighted by atomic mass is 9.85. The molecule has 50 heavy (non-hydrogen) atoms. The number of hydrogen-bond donors (Lipinski definition) is 2. The van der Waals surface area contributed by atoms with Crippen molar-refractivity contribution in [3.8, 4) is 17.2 Å². The quantitative estimate of drug-likeness (QED) is 0.109. The van der Waals surface area contributed by atoms with Crippen molar-refractivity contribution in [1.29, 1.82) is 0 Å². The fourth-order valence-corrected chi connectivity index (χ4v) is 6.19. The van der Waals surface area contributed by atoms with Crippen LogP contribution in [0.3, 0.4) is 0 Å². The van der Waals surface area contributed by atoms with Gasteiger partial charge in [-0.3, -0.25) is 0 Å². The van der Waals surface area contributed by atoms with Gasteiger partial charge in [0.2, 0.25) is 0 Å². The molecule has 1 saturated heterocycles. The Kier molecular flexibility index (Phi) is 15.2. The fourth-order valence-electron chi connectivity index (χ4n) is 6.19. The highest BCUT2D eigenvalue weighted by molar-refractivity contribution is 5.89. The van der Waals surface area contributed by atoms with Crippen molar-refractivity contribution < 1.29 is 43.0 Å². The molecule has 10 nitrogen and oxygen atoms in total. The van der Waals surface area contributed by atoms with Crippen molar-refractivity contribution in [3.05, 3.63) is 102 Å². The number of hydrogen-bond acceptors (Lipinski definition) is 10. The van der Waals surface area contributed by atoms with E-state index >= 15 is 0 Å². The van der Waals surface area contributed by atoms with Crippen LogP contribution in [0.5, 0.6) is 17.2 Å². The Bertz CT molecular complexity index is 1570. The number of para-hydroxylation sites is 1. The Balaban J connectivity index is 1.20. The van der Waals surface area contributed by atoms with E-state index in [0.29, 0.717) is 52.7 Å². The molecular formula is C40H51NO9. The summed E-state index contributed by atoms with van der Waals surface area (Å²) in [7, 11) is 4.98. The van der Waals surface area contributed by atoms with Gasteiger partial charge in [0.25, 0.3) is 0 Å². The second-order valence-corrected chi connectivity index (χ2v) is 12.3. The average Bonchev–Trinajstić information content (AvgIpc) is 3.16. The zero-order chi connectivity index (χ0) is 35.0. The van der Waals surface area contributed by atoms with Crippen LogP contribution < -0.4 is 19.5 Å². The number of aliphatic hydroxyl groups excluding tert-OH is 1. The van der Waals surface area contributed by atoms with Crippen LogP contribution in [0.4, 0.5) is 0 Å². The first kappa shape index (κ1) is 37.5. The zero-order valence-electron chi connectivity index (χ0n) is 29.4. The number of rotatable bonds is 21. The molecule has 4 atom stereocenters. The molecule has 0 spiro atoms. The minimum Gasteiger partial charge on any atom is -0.496 e. The van der Waals surface area contributed by atoms with Gasteiger partial charge in [-0.1, -0.05) is 54.6 Å². The topological polar surface area (TPSA) is 106 Å². The average molecular weight is 690 g/mol. The first-order valence-corrected chi connectivity index (χ1v) is 17.3. The minimum absolute atomic E-state index is 0.0855. The summed E-state index contributed by atoms with van der Waals surface area (Å²) in [5.41, 5.74) is 3.13. The lowest BCUT2D eigenvalue weighted by molar-refractivity contribution is -0.0896. The molecule has 1 fully saturated rings. The molecule has 1 aliphatic rings. The molecule has 1 heterocycles. The molecule has 2 N–H and O–H groups in total. The van der Waals surface area contributed by atoms with E-state index in [1.807, 2.05) is 54.6 Å². The minimum atomic E-state index is -0.756. The van der Waals surface area contributed by atoms with E-state index in [0.717, 1.165) is 51.1 Å². The summed E-state index contributed by atoms with van der Waals surface area (Å²) < 4.78 is 46.5. The van der Waals surface area contributed by atoms with Crippen molar-refractivity contribution in [3.63, 3.8) is 0 Å². The molecule has 0 amide bonds. The maximum absolute atomic E-state index is 10.6. The molecule has 0 bridgehead atoms. The number of ether oxygens (including phenoxy) is 8. The summed E-state index contributed by atoms with van der Waals surface area (Å²) in [6, 6.07) is 28.4. The Morgan fingerprint density at radius 1 is 0.720 bits per heavy atom. The van der Waals surface area contributed by atoms with Crippen LogP contribution in [0.2, 0.25) is 0 Å². The number of methoxy groups -OCH3 is 3. The Hall–Kier alpha value is -3.74. The van der Waals surface area contributed by atoms with Crippen LogP contribution in [-0.2, 0) is 36.9 Å². The van der Waals surface area contributed by atoms with Crippen LogP contribution in [0.25, 0.3) is 10.8 Å². The van der Waals surface area contributed by atoms with Gasteiger partial charge in [0.05, 0.1) is 79.3 Å². The molecule has 10 heteroatoms. The van der Waals surface area contributed by atoms with Crippen LogP contribution >= 0.6 is 0 Å². The van der Waals surface area contributed by atoms with Gasteiger partial charge in [-0.15, -0.1) is 0 Å². The number of nitrogens with one attached hydrogen (secondary N) is 1. The summed E-state index contributed by atoms with van der Waals surface area (Å²) in [4.78, 5) is 0. The monoisotopic (exact) mass is 689 g/mol. The summed E-state index contributed by atoms with van der Waals surface area (Å²) in [5, 5.41) is 16.2. The van der Waals surface area contributed by atoms with Gasteiger partial charge in [0, 0.05) is 43.5 Å². The van der Waals surface area contributed by atoms with Gasteiger partial charge < -0.3 is 48.3 Å². The third-order valence-electron chi connectivity index (χ3n) is 8.72. The first-order valence-electron chi connectivity index (χ1n) is 17.3. The highest BCUT2D eigenvalue weighted by atomic mass is 16.5. The third kappa shape index (κ3) is 10.9. The van der Waals surface area contributed by atoms with Crippen molar-refractivity contribution in [2.45, 2.75) is 43.9 Å². The third-order valence-corrected chi connectivity index (χ3v) is 8.72. The second kappa shape index (κ2) is 20.2.